The number of hydrogen-bond donors (Lipinski definition) is 1. The molecule has 36 heavy (non-hydrogen) atoms. The van der Waals surface area contributed by atoms with Crippen LogP contribution in [0.25, 0.3) is 0 Å². The third-order valence-corrected chi connectivity index (χ3v) is 7.42. The maximum absolute atomic E-state index is 14.7. The highest BCUT2D eigenvalue weighted by molar-refractivity contribution is 5.95. The molecular formula is C29H30FN3O3. The zero-order valence-electron chi connectivity index (χ0n) is 20.1. The quantitative estimate of drug-likeness (QED) is 0.520. The van der Waals surface area contributed by atoms with Crippen LogP contribution in [0.2, 0.25) is 0 Å². The molecule has 0 spiro atoms. The summed E-state index contributed by atoms with van der Waals surface area (Å²) in [5.74, 6) is 2.08. The van der Waals surface area contributed by atoms with E-state index in [-0.39, 0.29) is 17.6 Å². The number of nitrogens with zero attached hydrogens (tertiary/aromatic N) is 2. The normalized spacial score (nSPS) is 23.2. The predicted octanol–water partition coefficient (Wildman–Crippen LogP) is 4.77. The number of anilines is 2. The molecule has 186 valence electrons. The van der Waals surface area contributed by atoms with Gasteiger partial charge in [-0.2, -0.15) is 0 Å². The van der Waals surface area contributed by atoms with Crippen molar-refractivity contribution in [2.75, 3.05) is 49.6 Å². The highest BCUT2D eigenvalue weighted by atomic mass is 19.1. The van der Waals surface area contributed by atoms with Gasteiger partial charge < -0.3 is 19.7 Å². The molecule has 7 heteroatoms. The molecule has 0 bridgehead atoms. The number of carbonyl (C=O) groups excluding carboxylic acids is 1. The molecule has 0 radical (unpaired) electrons. The number of amides is 1. The Morgan fingerprint density at radius 1 is 0.944 bits per heavy atom. The van der Waals surface area contributed by atoms with E-state index in [0.29, 0.717) is 49.5 Å². The lowest BCUT2D eigenvalue weighted by Crippen LogP contribution is -2.36. The Morgan fingerprint density at radius 3 is 2.44 bits per heavy atom. The summed E-state index contributed by atoms with van der Waals surface area (Å²) in [5, 5.41) is 2.94. The number of rotatable bonds is 7. The van der Waals surface area contributed by atoms with E-state index in [0.717, 1.165) is 31.1 Å². The molecule has 1 amide bonds. The van der Waals surface area contributed by atoms with Crippen molar-refractivity contribution in [3.63, 3.8) is 0 Å². The van der Waals surface area contributed by atoms with Gasteiger partial charge in [-0.05, 0) is 59.9 Å². The van der Waals surface area contributed by atoms with Gasteiger partial charge in [-0.3, -0.25) is 9.69 Å². The smallest absolute Gasteiger partial charge is 0.228 e. The Hall–Kier alpha value is -3.42. The monoisotopic (exact) mass is 487 g/mol. The first-order valence-corrected chi connectivity index (χ1v) is 12.6. The van der Waals surface area contributed by atoms with E-state index < -0.39 is 0 Å². The number of benzene rings is 3. The number of para-hydroxylation sites is 1. The van der Waals surface area contributed by atoms with E-state index in [1.807, 2.05) is 47.4 Å². The van der Waals surface area contributed by atoms with Crippen LogP contribution in [0.5, 0.6) is 11.5 Å². The fourth-order valence-corrected chi connectivity index (χ4v) is 5.59. The molecule has 0 aromatic heterocycles. The number of fused-ring (bicyclic) bond motifs is 1. The molecule has 3 aromatic carbocycles. The molecule has 1 aliphatic carbocycles. The molecule has 2 heterocycles. The van der Waals surface area contributed by atoms with Gasteiger partial charge in [-0.1, -0.05) is 30.3 Å². The third-order valence-electron chi connectivity index (χ3n) is 7.42. The minimum Gasteiger partial charge on any atom is -0.457 e. The van der Waals surface area contributed by atoms with Gasteiger partial charge in [0.05, 0.1) is 18.9 Å². The standard InChI is InChI=1S/C29H30FN3O3/c30-26-16-21(9-10-27(26)33-11-13-35-14-12-33)31-29(34)28-24-18-32(19-25(24)28)17-20-5-4-8-23(15-20)36-22-6-2-1-3-7-22/h1-10,15-16,24-25,28H,11-14,17-19H2,(H,31,34). The molecule has 2 atom stereocenters. The Kier molecular flexibility index (Phi) is 6.34. The van der Waals surface area contributed by atoms with E-state index in [1.165, 1.54) is 11.6 Å². The summed E-state index contributed by atoms with van der Waals surface area (Å²) >= 11 is 0. The topological polar surface area (TPSA) is 54.0 Å². The molecule has 1 N–H and O–H groups in total. The highest BCUT2D eigenvalue weighted by Crippen LogP contribution is 2.52. The van der Waals surface area contributed by atoms with Crippen molar-refractivity contribution in [2.24, 2.45) is 17.8 Å². The van der Waals surface area contributed by atoms with Crippen molar-refractivity contribution in [1.29, 1.82) is 0 Å². The van der Waals surface area contributed by atoms with Crippen molar-refractivity contribution in [1.82, 2.24) is 4.90 Å². The minimum absolute atomic E-state index is 0.00132. The van der Waals surface area contributed by atoms with E-state index >= 15 is 0 Å². The van der Waals surface area contributed by atoms with Crippen LogP contribution in [0, 0.1) is 23.6 Å². The zero-order chi connectivity index (χ0) is 24.5. The van der Waals surface area contributed by atoms with Gasteiger partial charge in [-0.25, -0.2) is 4.39 Å². The van der Waals surface area contributed by atoms with Gasteiger partial charge in [0.25, 0.3) is 0 Å². The van der Waals surface area contributed by atoms with E-state index in [9.17, 15) is 9.18 Å². The lowest BCUT2D eigenvalue weighted by atomic mass is 10.1. The van der Waals surface area contributed by atoms with Crippen LogP contribution in [0.1, 0.15) is 5.56 Å². The largest absolute Gasteiger partial charge is 0.457 e. The van der Waals surface area contributed by atoms with Crippen LogP contribution in [0.15, 0.2) is 72.8 Å². The molecule has 3 fully saturated rings. The van der Waals surface area contributed by atoms with E-state index in [1.54, 1.807) is 12.1 Å². The number of nitrogens with one attached hydrogen (secondary N) is 1. The Bertz CT molecular complexity index is 1220. The molecule has 6 nitrogen and oxygen atoms in total. The lowest BCUT2D eigenvalue weighted by molar-refractivity contribution is -0.118. The number of piperidine rings is 1. The SMILES string of the molecule is O=C(Nc1ccc(N2CCOCC2)c(F)c1)C1C2CN(Cc3cccc(Oc4ccccc4)c3)CC21. The summed E-state index contributed by atoms with van der Waals surface area (Å²) in [5.41, 5.74) is 2.28. The first-order chi connectivity index (χ1) is 17.6. The Balaban J connectivity index is 1.01. The maximum atomic E-state index is 14.7. The van der Waals surface area contributed by atoms with Crippen LogP contribution in [0.3, 0.4) is 0 Å². The summed E-state index contributed by atoms with van der Waals surface area (Å²) in [6.07, 6.45) is 0. The second-order valence-electron chi connectivity index (χ2n) is 9.86. The summed E-state index contributed by atoms with van der Waals surface area (Å²) in [6.45, 7) is 5.19. The van der Waals surface area contributed by atoms with Gasteiger partial charge in [0.15, 0.2) is 0 Å². The molecule has 6 rings (SSSR count). The second kappa shape index (κ2) is 9.91. The van der Waals surface area contributed by atoms with Gasteiger partial charge in [0.2, 0.25) is 5.91 Å². The molecular weight excluding hydrogens is 457 g/mol. The van der Waals surface area contributed by atoms with Gasteiger partial charge in [0.1, 0.15) is 17.3 Å². The van der Waals surface area contributed by atoms with Gasteiger partial charge in [0, 0.05) is 44.3 Å². The number of hydrogen-bond acceptors (Lipinski definition) is 5. The van der Waals surface area contributed by atoms with Crippen molar-refractivity contribution in [3.8, 4) is 11.5 Å². The average Bonchev–Trinajstić information content (AvgIpc) is 3.41. The van der Waals surface area contributed by atoms with Crippen molar-refractivity contribution >= 4 is 17.3 Å². The van der Waals surface area contributed by atoms with Crippen molar-refractivity contribution < 1.29 is 18.7 Å². The summed E-state index contributed by atoms with van der Waals surface area (Å²) < 4.78 is 26.0. The molecule has 2 unspecified atom stereocenters. The number of morpholine rings is 1. The van der Waals surface area contributed by atoms with E-state index in [2.05, 4.69) is 22.3 Å². The van der Waals surface area contributed by atoms with Crippen LogP contribution in [0.4, 0.5) is 15.8 Å². The number of carbonyl (C=O) groups is 1. The molecule has 1 saturated carbocycles. The number of halogens is 1. The molecule has 2 aliphatic heterocycles. The zero-order valence-corrected chi connectivity index (χ0v) is 20.1. The highest BCUT2D eigenvalue weighted by Gasteiger charge is 2.59. The Labute approximate surface area is 210 Å². The summed E-state index contributed by atoms with van der Waals surface area (Å²) in [7, 11) is 0. The maximum Gasteiger partial charge on any atom is 0.228 e. The van der Waals surface area contributed by atoms with Crippen LogP contribution in [-0.2, 0) is 16.1 Å². The third kappa shape index (κ3) is 4.94. The first kappa shape index (κ1) is 23.0. The molecule has 3 aromatic rings. The van der Waals surface area contributed by atoms with Crippen LogP contribution >= 0.6 is 0 Å². The van der Waals surface area contributed by atoms with Gasteiger partial charge >= 0.3 is 0 Å². The first-order valence-electron chi connectivity index (χ1n) is 12.6. The second-order valence-corrected chi connectivity index (χ2v) is 9.86. The summed E-state index contributed by atoms with van der Waals surface area (Å²) in [6, 6.07) is 22.9. The number of likely N-dealkylation sites (tertiary alicyclic amines) is 1. The van der Waals surface area contributed by atoms with Crippen LogP contribution < -0.4 is 15.0 Å². The molecule has 3 aliphatic rings. The van der Waals surface area contributed by atoms with Crippen molar-refractivity contribution in [2.45, 2.75) is 6.54 Å². The lowest BCUT2D eigenvalue weighted by Gasteiger charge is -2.29. The fourth-order valence-electron chi connectivity index (χ4n) is 5.59. The van der Waals surface area contributed by atoms with Gasteiger partial charge in [-0.15, -0.1) is 0 Å². The molecule has 2 saturated heterocycles. The number of ether oxygens (including phenoxy) is 2. The van der Waals surface area contributed by atoms with Crippen molar-refractivity contribution in [3.05, 3.63) is 84.2 Å². The van der Waals surface area contributed by atoms with E-state index in [4.69, 9.17) is 9.47 Å². The predicted molar refractivity (Wildman–Crippen MR) is 137 cm³/mol. The fraction of sp³-hybridized carbons (Fsp3) is 0.345. The average molecular weight is 488 g/mol. The minimum atomic E-state index is -0.310. The van der Waals surface area contributed by atoms with Crippen LogP contribution in [-0.4, -0.2) is 50.2 Å². The Morgan fingerprint density at radius 2 is 1.69 bits per heavy atom. The summed E-state index contributed by atoms with van der Waals surface area (Å²) in [4.78, 5) is 17.3.